The van der Waals surface area contributed by atoms with Crippen LogP contribution in [-0.4, -0.2) is 33.8 Å². The summed E-state index contributed by atoms with van der Waals surface area (Å²) < 4.78 is 0. The number of carboxylic acids is 1. The molecule has 1 aliphatic rings. The van der Waals surface area contributed by atoms with Crippen molar-refractivity contribution < 1.29 is 15.0 Å². The molecule has 154 valence electrons. The Kier molecular flexibility index (Phi) is 6.13. The highest BCUT2D eigenvalue weighted by Gasteiger charge is 2.20. The van der Waals surface area contributed by atoms with Gasteiger partial charge in [-0.1, -0.05) is 35.9 Å². The number of pyridine rings is 1. The molecule has 0 fully saturated rings. The maximum absolute atomic E-state index is 11.0. The lowest BCUT2D eigenvalue weighted by atomic mass is 9.86. The first-order valence-electron chi connectivity index (χ1n) is 9.98. The van der Waals surface area contributed by atoms with E-state index in [0.717, 1.165) is 36.1 Å². The van der Waals surface area contributed by atoms with Crippen molar-refractivity contribution in [3.63, 3.8) is 0 Å². The zero-order chi connectivity index (χ0) is 21.1. The second-order valence-corrected chi connectivity index (χ2v) is 8.08. The number of hydrogen-bond donors (Lipinski definition) is 3. The minimum absolute atomic E-state index is 0.180. The van der Waals surface area contributed by atoms with Gasteiger partial charge in [-0.3, -0.25) is 4.98 Å². The normalized spacial score (nSPS) is 16.7. The van der Waals surface area contributed by atoms with Crippen molar-refractivity contribution in [3.05, 3.63) is 88.1 Å². The predicted molar refractivity (Wildman–Crippen MR) is 117 cm³/mol. The smallest absolute Gasteiger partial charge is 0.337 e. The maximum Gasteiger partial charge on any atom is 0.337 e. The second kappa shape index (κ2) is 8.96. The minimum Gasteiger partial charge on any atom is -0.478 e. The Balaban J connectivity index is 1.42. The molecular formula is C24H23ClN2O3. The fourth-order valence-electron chi connectivity index (χ4n) is 3.89. The van der Waals surface area contributed by atoms with E-state index in [4.69, 9.17) is 16.7 Å². The molecule has 0 spiro atoms. The fourth-order valence-corrected chi connectivity index (χ4v) is 4.09. The van der Waals surface area contributed by atoms with E-state index in [1.165, 1.54) is 17.3 Å². The van der Waals surface area contributed by atoms with Gasteiger partial charge < -0.3 is 15.5 Å². The van der Waals surface area contributed by atoms with Gasteiger partial charge in [-0.2, -0.15) is 0 Å². The summed E-state index contributed by atoms with van der Waals surface area (Å²) in [4.78, 5) is 15.3. The van der Waals surface area contributed by atoms with Gasteiger partial charge in [0.1, 0.15) is 0 Å². The molecule has 0 radical (unpaired) electrons. The number of halogens is 1. The summed E-state index contributed by atoms with van der Waals surface area (Å²) in [7, 11) is 0. The molecule has 2 aromatic carbocycles. The highest BCUT2D eigenvalue weighted by molar-refractivity contribution is 6.30. The molecule has 0 saturated heterocycles. The van der Waals surface area contributed by atoms with Crippen LogP contribution in [0.25, 0.3) is 11.3 Å². The Morgan fingerprint density at radius 1 is 1.17 bits per heavy atom. The lowest BCUT2D eigenvalue weighted by Crippen LogP contribution is -2.37. The Morgan fingerprint density at radius 3 is 2.77 bits per heavy atom. The van der Waals surface area contributed by atoms with Crippen molar-refractivity contribution in [2.45, 2.75) is 31.4 Å². The number of aromatic carboxylic acids is 1. The highest BCUT2D eigenvalue weighted by atomic mass is 35.5. The lowest BCUT2D eigenvalue weighted by molar-refractivity contribution is 0.0696. The number of nitrogens with one attached hydrogen (secondary N) is 1. The number of hydrogen-bond acceptors (Lipinski definition) is 4. The summed E-state index contributed by atoms with van der Waals surface area (Å²) in [5.74, 6) is -0.978. The van der Waals surface area contributed by atoms with E-state index in [-0.39, 0.29) is 11.6 Å². The molecule has 0 saturated carbocycles. The molecule has 0 bridgehead atoms. The average Bonchev–Trinajstić information content (AvgIpc) is 2.77. The van der Waals surface area contributed by atoms with Crippen molar-refractivity contribution in [3.8, 4) is 11.3 Å². The van der Waals surface area contributed by atoms with E-state index in [0.29, 0.717) is 11.6 Å². The minimum atomic E-state index is -0.978. The van der Waals surface area contributed by atoms with Gasteiger partial charge in [-0.15, -0.1) is 0 Å². The molecule has 2 atom stereocenters. The van der Waals surface area contributed by atoms with Crippen molar-refractivity contribution in [2.24, 2.45) is 0 Å². The van der Waals surface area contributed by atoms with Gasteiger partial charge in [0.25, 0.3) is 0 Å². The Morgan fingerprint density at radius 2 is 2.03 bits per heavy atom. The van der Waals surface area contributed by atoms with Crippen molar-refractivity contribution in [1.29, 1.82) is 0 Å². The van der Waals surface area contributed by atoms with Gasteiger partial charge in [-0.25, -0.2) is 4.79 Å². The van der Waals surface area contributed by atoms with Crippen LogP contribution in [0.3, 0.4) is 0 Å². The maximum atomic E-state index is 11.0. The second-order valence-electron chi connectivity index (χ2n) is 7.64. The van der Waals surface area contributed by atoms with Gasteiger partial charge in [-0.05, 0) is 66.3 Å². The number of aliphatic hydroxyl groups is 1. The Bertz CT molecular complexity index is 1050. The molecule has 0 aliphatic heterocycles. The van der Waals surface area contributed by atoms with Gasteiger partial charge in [0.2, 0.25) is 0 Å². The van der Waals surface area contributed by atoms with E-state index in [1.807, 2.05) is 18.2 Å². The van der Waals surface area contributed by atoms with E-state index < -0.39 is 12.1 Å². The molecule has 6 heteroatoms. The van der Waals surface area contributed by atoms with Crippen LogP contribution in [0.2, 0.25) is 5.02 Å². The molecule has 1 heterocycles. The van der Waals surface area contributed by atoms with Crippen molar-refractivity contribution >= 4 is 17.6 Å². The SMILES string of the molecule is O=C(O)c1ccc(-c2ccc3c(c2)C[C@@H](NC[C@@H](O)c2cccc(Cl)c2)CC3)nc1. The summed E-state index contributed by atoms with van der Waals surface area (Å²) in [5, 5.41) is 23.6. The summed E-state index contributed by atoms with van der Waals surface area (Å²) in [6, 6.07) is 17.2. The number of fused-ring (bicyclic) bond motifs is 1. The third-order valence-corrected chi connectivity index (χ3v) is 5.81. The van der Waals surface area contributed by atoms with Crippen LogP contribution in [0.5, 0.6) is 0 Å². The van der Waals surface area contributed by atoms with Crippen LogP contribution < -0.4 is 5.32 Å². The number of benzene rings is 2. The van der Waals surface area contributed by atoms with E-state index in [2.05, 4.69) is 22.4 Å². The predicted octanol–water partition coefficient (Wildman–Crippen LogP) is 4.28. The zero-order valence-corrected chi connectivity index (χ0v) is 17.1. The molecular weight excluding hydrogens is 400 g/mol. The quantitative estimate of drug-likeness (QED) is 0.552. The summed E-state index contributed by atoms with van der Waals surface area (Å²) in [5.41, 5.74) is 5.31. The molecule has 0 amide bonds. The summed E-state index contributed by atoms with van der Waals surface area (Å²) in [6.45, 7) is 0.470. The third kappa shape index (κ3) is 4.70. The van der Waals surface area contributed by atoms with Gasteiger partial charge >= 0.3 is 5.97 Å². The van der Waals surface area contributed by atoms with E-state index in [9.17, 15) is 9.90 Å². The molecule has 1 aliphatic carbocycles. The number of nitrogens with zero attached hydrogens (tertiary/aromatic N) is 1. The van der Waals surface area contributed by atoms with Crippen LogP contribution in [0.4, 0.5) is 0 Å². The summed E-state index contributed by atoms with van der Waals surface area (Å²) >= 11 is 6.02. The molecule has 0 unspecified atom stereocenters. The molecule has 4 rings (SSSR count). The largest absolute Gasteiger partial charge is 0.478 e. The zero-order valence-electron chi connectivity index (χ0n) is 16.4. The monoisotopic (exact) mass is 422 g/mol. The molecule has 5 nitrogen and oxygen atoms in total. The number of carbonyl (C=O) groups is 1. The number of aliphatic hydroxyl groups excluding tert-OH is 1. The van der Waals surface area contributed by atoms with Crippen LogP contribution in [0.15, 0.2) is 60.8 Å². The first-order valence-corrected chi connectivity index (χ1v) is 10.4. The van der Waals surface area contributed by atoms with Gasteiger partial charge in [0.05, 0.1) is 17.4 Å². The third-order valence-electron chi connectivity index (χ3n) is 5.57. The number of rotatable bonds is 6. The first kappa shape index (κ1) is 20.5. The van der Waals surface area contributed by atoms with Gasteiger partial charge in [0, 0.05) is 29.4 Å². The lowest BCUT2D eigenvalue weighted by Gasteiger charge is -2.27. The Hall–Kier alpha value is -2.73. The standard InChI is InChI=1S/C24H23ClN2O3/c25-20-3-1-2-17(11-20)23(28)14-26-21-8-6-15-4-5-16(10-19(15)12-21)22-9-7-18(13-27-22)24(29)30/h1-5,7,9-11,13,21,23,26,28H,6,8,12,14H2,(H,29,30)/t21-,23+/m0/s1. The van der Waals surface area contributed by atoms with Crippen molar-refractivity contribution in [2.75, 3.05) is 6.54 Å². The fraction of sp³-hybridized carbons (Fsp3) is 0.250. The van der Waals surface area contributed by atoms with Crippen LogP contribution in [0, 0.1) is 0 Å². The van der Waals surface area contributed by atoms with Crippen molar-refractivity contribution in [1.82, 2.24) is 10.3 Å². The van der Waals surface area contributed by atoms with Gasteiger partial charge in [0.15, 0.2) is 0 Å². The van der Waals surface area contributed by atoms with Crippen LogP contribution in [0.1, 0.15) is 39.6 Å². The average molecular weight is 423 g/mol. The number of carboxylic acid groups (broad SMARTS) is 1. The molecule has 30 heavy (non-hydrogen) atoms. The number of aryl methyl sites for hydroxylation is 1. The van der Waals surface area contributed by atoms with E-state index >= 15 is 0 Å². The molecule has 3 N–H and O–H groups in total. The molecule has 1 aromatic heterocycles. The van der Waals surface area contributed by atoms with E-state index in [1.54, 1.807) is 24.3 Å². The number of aromatic nitrogens is 1. The summed E-state index contributed by atoms with van der Waals surface area (Å²) in [6.07, 6.45) is 3.65. The molecule has 3 aromatic rings. The van der Waals surface area contributed by atoms with Crippen LogP contribution in [-0.2, 0) is 12.8 Å². The first-order chi connectivity index (χ1) is 14.5. The topological polar surface area (TPSA) is 82.5 Å². The highest BCUT2D eigenvalue weighted by Crippen LogP contribution is 2.27. The van der Waals surface area contributed by atoms with Crippen LogP contribution >= 0.6 is 11.6 Å². The Labute approximate surface area is 180 Å².